The molecule has 0 atom stereocenters. The number of carbonyl (C=O) groups is 1. The lowest BCUT2D eigenvalue weighted by Gasteiger charge is -2.11. The Morgan fingerprint density at radius 1 is 1.07 bits per heavy atom. The van der Waals surface area contributed by atoms with Crippen molar-refractivity contribution in [1.82, 2.24) is 19.5 Å². The molecule has 6 heteroatoms. The van der Waals surface area contributed by atoms with Crippen molar-refractivity contribution in [2.45, 2.75) is 33.7 Å². The van der Waals surface area contributed by atoms with Crippen LogP contribution >= 0.6 is 0 Å². The fourth-order valence-corrected chi connectivity index (χ4v) is 3.59. The summed E-state index contributed by atoms with van der Waals surface area (Å²) < 4.78 is 2.21. The molecule has 0 unspecified atom stereocenters. The van der Waals surface area contributed by atoms with E-state index in [9.17, 15) is 4.79 Å². The van der Waals surface area contributed by atoms with E-state index in [0.29, 0.717) is 6.04 Å². The van der Waals surface area contributed by atoms with Gasteiger partial charge in [-0.25, -0.2) is 14.8 Å². The van der Waals surface area contributed by atoms with E-state index in [0.717, 1.165) is 39.4 Å². The second-order valence-corrected chi connectivity index (χ2v) is 7.27. The lowest BCUT2D eigenvalue weighted by molar-refractivity contribution is 0.0697. The van der Waals surface area contributed by atoms with Crippen molar-refractivity contribution in [2.75, 3.05) is 0 Å². The Morgan fingerprint density at radius 2 is 1.75 bits per heavy atom. The maximum atomic E-state index is 11.0. The molecule has 28 heavy (non-hydrogen) atoms. The monoisotopic (exact) mass is 374 g/mol. The maximum Gasteiger partial charge on any atom is 0.335 e. The number of nitrogens with zero attached hydrogens (tertiary/aromatic N) is 3. The van der Waals surface area contributed by atoms with Crippen LogP contribution in [-0.4, -0.2) is 30.6 Å². The van der Waals surface area contributed by atoms with E-state index < -0.39 is 5.97 Å². The molecule has 0 aliphatic rings. The van der Waals surface area contributed by atoms with Gasteiger partial charge in [-0.3, -0.25) is 0 Å². The zero-order valence-corrected chi connectivity index (χ0v) is 16.3. The number of carboxylic acids is 1. The third kappa shape index (κ3) is 2.87. The highest BCUT2D eigenvalue weighted by molar-refractivity contribution is 5.88. The number of aromatic amines is 1. The van der Waals surface area contributed by atoms with E-state index in [4.69, 9.17) is 10.1 Å². The zero-order valence-electron chi connectivity index (χ0n) is 16.3. The van der Waals surface area contributed by atoms with Crippen LogP contribution in [0.25, 0.3) is 33.8 Å². The van der Waals surface area contributed by atoms with Gasteiger partial charge >= 0.3 is 5.97 Å². The Kier molecular flexibility index (Phi) is 4.26. The molecule has 2 N–H and O–H groups in total. The average Bonchev–Trinajstić information content (AvgIpc) is 3.26. The standard InChI is InChI=1S/C22H22N4O2/c1-12(2)26-14(4)13(3)20-21(26)23-11-19(25-20)18-10-9-17(24-18)15-5-7-16(8-6-15)22(27)28/h5-12,24H,1-4H3,(H,27,28). The van der Waals surface area contributed by atoms with Gasteiger partial charge in [0.15, 0.2) is 5.65 Å². The second-order valence-electron chi connectivity index (χ2n) is 7.27. The van der Waals surface area contributed by atoms with Crippen molar-refractivity contribution in [3.8, 4) is 22.6 Å². The van der Waals surface area contributed by atoms with Gasteiger partial charge in [-0.15, -0.1) is 0 Å². The Balaban J connectivity index is 1.73. The number of nitrogens with one attached hydrogen (secondary N) is 1. The SMILES string of the molecule is Cc1c(C)n(C(C)C)c2ncc(-c3ccc(-c4ccc(C(=O)O)cc4)[nH]3)nc12. The molecule has 0 fully saturated rings. The number of aryl methyl sites for hydroxylation is 1. The topological polar surface area (TPSA) is 83.8 Å². The van der Waals surface area contributed by atoms with Gasteiger partial charge < -0.3 is 14.7 Å². The molecular formula is C22H22N4O2. The molecule has 3 aromatic heterocycles. The van der Waals surface area contributed by atoms with Crippen molar-refractivity contribution in [1.29, 1.82) is 0 Å². The molecule has 0 bridgehead atoms. The molecule has 142 valence electrons. The van der Waals surface area contributed by atoms with Crippen LogP contribution < -0.4 is 0 Å². The number of carboxylic acid groups (broad SMARTS) is 1. The van der Waals surface area contributed by atoms with Crippen LogP contribution in [0, 0.1) is 13.8 Å². The van der Waals surface area contributed by atoms with Gasteiger partial charge in [0.05, 0.1) is 17.5 Å². The van der Waals surface area contributed by atoms with Crippen molar-refractivity contribution in [3.63, 3.8) is 0 Å². The zero-order chi connectivity index (χ0) is 20.0. The Hall–Kier alpha value is -3.41. The minimum atomic E-state index is -0.929. The quantitative estimate of drug-likeness (QED) is 0.527. The molecule has 3 heterocycles. The van der Waals surface area contributed by atoms with E-state index in [1.54, 1.807) is 30.5 Å². The van der Waals surface area contributed by atoms with E-state index in [1.165, 1.54) is 5.69 Å². The van der Waals surface area contributed by atoms with Crippen LogP contribution in [0.1, 0.15) is 41.5 Å². The largest absolute Gasteiger partial charge is 0.478 e. The molecule has 0 saturated carbocycles. The third-order valence-electron chi connectivity index (χ3n) is 5.16. The summed E-state index contributed by atoms with van der Waals surface area (Å²) in [6.45, 7) is 8.48. The number of hydrogen-bond donors (Lipinski definition) is 2. The van der Waals surface area contributed by atoms with E-state index in [1.807, 2.05) is 12.1 Å². The van der Waals surface area contributed by atoms with Crippen LogP contribution in [0.2, 0.25) is 0 Å². The van der Waals surface area contributed by atoms with Gasteiger partial charge in [-0.05, 0) is 63.1 Å². The summed E-state index contributed by atoms with van der Waals surface area (Å²) in [6, 6.07) is 11.1. The fraction of sp³-hybridized carbons (Fsp3) is 0.227. The molecule has 4 aromatic rings. The molecule has 0 radical (unpaired) electrons. The Labute approximate surface area is 162 Å². The van der Waals surface area contributed by atoms with Crippen LogP contribution in [0.5, 0.6) is 0 Å². The Bertz CT molecular complexity index is 1180. The number of aromatic carboxylic acids is 1. The van der Waals surface area contributed by atoms with Gasteiger partial charge in [-0.1, -0.05) is 12.1 Å². The van der Waals surface area contributed by atoms with Gasteiger partial charge in [0, 0.05) is 17.4 Å². The third-order valence-corrected chi connectivity index (χ3v) is 5.16. The average molecular weight is 374 g/mol. The van der Waals surface area contributed by atoms with Gasteiger partial charge in [0.2, 0.25) is 0 Å². The molecule has 1 aromatic carbocycles. The number of H-pyrrole nitrogens is 1. The smallest absolute Gasteiger partial charge is 0.335 e. The summed E-state index contributed by atoms with van der Waals surface area (Å²) in [6.07, 6.45) is 1.79. The molecule has 6 nitrogen and oxygen atoms in total. The summed E-state index contributed by atoms with van der Waals surface area (Å²) >= 11 is 0. The minimum Gasteiger partial charge on any atom is -0.478 e. The van der Waals surface area contributed by atoms with E-state index in [-0.39, 0.29) is 5.56 Å². The van der Waals surface area contributed by atoms with Crippen molar-refractivity contribution >= 4 is 17.1 Å². The Morgan fingerprint density at radius 3 is 2.39 bits per heavy atom. The van der Waals surface area contributed by atoms with Gasteiger partial charge in [-0.2, -0.15) is 0 Å². The van der Waals surface area contributed by atoms with E-state index in [2.05, 4.69) is 42.2 Å². The van der Waals surface area contributed by atoms with Crippen molar-refractivity contribution in [3.05, 3.63) is 59.4 Å². The lowest BCUT2D eigenvalue weighted by atomic mass is 10.1. The van der Waals surface area contributed by atoms with Gasteiger partial charge in [0.1, 0.15) is 11.2 Å². The number of hydrogen-bond acceptors (Lipinski definition) is 3. The van der Waals surface area contributed by atoms with Crippen molar-refractivity contribution in [2.24, 2.45) is 0 Å². The first kappa shape index (κ1) is 18.0. The fourth-order valence-electron chi connectivity index (χ4n) is 3.59. The molecule has 4 rings (SSSR count). The first-order chi connectivity index (χ1) is 13.4. The molecular weight excluding hydrogens is 352 g/mol. The number of benzene rings is 1. The molecule has 0 aliphatic heterocycles. The molecule has 0 saturated heterocycles. The molecule has 0 spiro atoms. The first-order valence-electron chi connectivity index (χ1n) is 9.24. The van der Waals surface area contributed by atoms with Crippen molar-refractivity contribution < 1.29 is 9.90 Å². The van der Waals surface area contributed by atoms with Crippen LogP contribution in [0.4, 0.5) is 0 Å². The van der Waals surface area contributed by atoms with Crippen LogP contribution in [-0.2, 0) is 0 Å². The number of fused-ring (bicyclic) bond motifs is 1. The summed E-state index contributed by atoms with van der Waals surface area (Å²) in [4.78, 5) is 23.9. The highest BCUT2D eigenvalue weighted by Crippen LogP contribution is 2.29. The summed E-state index contributed by atoms with van der Waals surface area (Å²) in [5.41, 5.74) is 7.92. The number of rotatable bonds is 4. The summed E-state index contributed by atoms with van der Waals surface area (Å²) in [5, 5.41) is 9.04. The summed E-state index contributed by atoms with van der Waals surface area (Å²) in [5.74, 6) is -0.929. The second kappa shape index (κ2) is 6.64. The van der Waals surface area contributed by atoms with E-state index >= 15 is 0 Å². The van der Waals surface area contributed by atoms with Crippen LogP contribution in [0.15, 0.2) is 42.6 Å². The van der Waals surface area contributed by atoms with Gasteiger partial charge in [0.25, 0.3) is 0 Å². The first-order valence-corrected chi connectivity index (χ1v) is 9.24. The summed E-state index contributed by atoms with van der Waals surface area (Å²) in [7, 11) is 0. The van der Waals surface area contributed by atoms with Crippen LogP contribution in [0.3, 0.4) is 0 Å². The lowest BCUT2D eigenvalue weighted by Crippen LogP contribution is -2.03. The predicted octanol–water partition coefficient (Wildman–Crippen LogP) is 4.99. The highest BCUT2D eigenvalue weighted by atomic mass is 16.4. The number of aromatic nitrogens is 4. The normalized spacial score (nSPS) is 11.5. The highest BCUT2D eigenvalue weighted by Gasteiger charge is 2.17. The minimum absolute atomic E-state index is 0.271. The molecule has 0 aliphatic carbocycles. The predicted molar refractivity (Wildman–Crippen MR) is 110 cm³/mol. The maximum absolute atomic E-state index is 11.0. The molecule has 0 amide bonds.